The number of nitrogens with one attached hydrogen (secondary N) is 2. The molecule has 18 heavy (non-hydrogen) atoms. The number of para-hydroxylation sites is 2. The molecule has 1 aromatic rings. The molecule has 6 heteroatoms. The third kappa shape index (κ3) is 4.93. The maximum atomic E-state index is 11.2. The van der Waals surface area contributed by atoms with Crippen molar-refractivity contribution in [2.45, 2.75) is 13.8 Å². The lowest BCUT2D eigenvalue weighted by Gasteiger charge is -2.23. The highest BCUT2D eigenvalue weighted by atomic mass is 32.2. The second-order valence-electron chi connectivity index (χ2n) is 5.10. The molecule has 0 aliphatic rings. The Labute approximate surface area is 108 Å². The third-order valence-corrected chi connectivity index (χ3v) is 3.00. The van der Waals surface area contributed by atoms with Gasteiger partial charge in [-0.1, -0.05) is 26.0 Å². The molecule has 0 aliphatic carbocycles. The van der Waals surface area contributed by atoms with Crippen molar-refractivity contribution in [3.8, 4) is 0 Å². The zero-order valence-electron chi connectivity index (χ0n) is 10.9. The standard InChI is InChI=1S/C12H20N2O3S/c1-12(2,9-15)8-13-10-6-4-5-7-11(10)14-18(3,16)17/h4-7,13-15H,8-9H2,1-3H3. The SMILES string of the molecule is CC(C)(CO)CNc1ccccc1NS(C)(=O)=O. The monoisotopic (exact) mass is 272 g/mol. The largest absolute Gasteiger partial charge is 0.396 e. The van der Waals surface area contributed by atoms with Crippen LogP contribution in [0, 0.1) is 5.41 Å². The molecule has 0 saturated carbocycles. The van der Waals surface area contributed by atoms with E-state index in [9.17, 15) is 13.5 Å². The highest BCUT2D eigenvalue weighted by Gasteiger charge is 2.16. The molecule has 0 heterocycles. The Balaban J connectivity index is 2.83. The Morgan fingerprint density at radius 1 is 1.22 bits per heavy atom. The predicted octanol–water partition coefficient (Wildman–Crippen LogP) is 1.49. The van der Waals surface area contributed by atoms with Crippen LogP contribution in [0.3, 0.4) is 0 Å². The average Bonchev–Trinajstić information content (AvgIpc) is 2.26. The van der Waals surface area contributed by atoms with E-state index >= 15 is 0 Å². The number of aliphatic hydroxyl groups excluding tert-OH is 1. The number of rotatable bonds is 6. The zero-order chi connectivity index (χ0) is 13.8. The number of aliphatic hydroxyl groups is 1. The maximum absolute atomic E-state index is 11.2. The second-order valence-corrected chi connectivity index (χ2v) is 6.84. The van der Waals surface area contributed by atoms with Crippen molar-refractivity contribution >= 4 is 21.4 Å². The van der Waals surface area contributed by atoms with E-state index in [4.69, 9.17) is 0 Å². The Bertz CT molecular complexity index is 498. The van der Waals surface area contributed by atoms with Gasteiger partial charge in [0.25, 0.3) is 0 Å². The van der Waals surface area contributed by atoms with Gasteiger partial charge in [-0.25, -0.2) is 8.42 Å². The molecule has 102 valence electrons. The van der Waals surface area contributed by atoms with Crippen LogP contribution in [0.2, 0.25) is 0 Å². The van der Waals surface area contributed by atoms with Crippen LogP contribution in [0.4, 0.5) is 11.4 Å². The Morgan fingerprint density at radius 3 is 2.28 bits per heavy atom. The van der Waals surface area contributed by atoms with Crippen LogP contribution >= 0.6 is 0 Å². The number of anilines is 2. The number of sulfonamides is 1. The molecule has 5 nitrogen and oxygen atoms in total. The normalized spacial score (nSPS) is 12.2. The van der Waals surface area contributed by atoms with Gasteiger partial charge in [-0.05, 0) is 12.1 Å². The molecule has 3 N–H and O–H groups in total. The summed E-state index contributed by atoms with van der Waals surface area (Å²) in [5.74, 6) is 0. The van der Waals surface area contributed by atoms with Gasteiger partial charge in [0.1, 0.15) is 0 Å². The summed E-state index contributed by atoms with van der Waals surface area (Å²) in [5.41, 5.74) is 0.941. The molecule has 0 bridgehead atoms. The van der Waals surface area contributed by atoms with Crippen molar-refractivity contribution in [3.05, 3.63) is 24.3 Å². The van der Waals surface area contributed by atoms with Crippen LogP contribution in [0.1, 0.15) is 13.8 Å². The first-order chi connectivity index (χ1) is 8.23. The molecule has 1 rings (SSSR count). The average molecular weight is 272 g/mol. The maximum Gasteiger partial charge on any atom is 0.229 e. The molecule has 0 amide bonds. The van der Waals surface area contributed by atoms with E-state index in [0.717, 1.165) is 6.26 Å². The lowest BCUT2D eigenvalue weighted by Crippen LogP contribution is -2.27. The first-order valence-electron chi connectivity index (χ1n) is 5.65. The molecule has 0 radical (unpaired) electrons. The summed E-state index contributed by atoms with van der Waals surface area (Å²) < 4.78 is 24.9. The molecular formula is C12H20N2O3S. The van der Waals surface area contributed by atoms with E-state index in [-0.39, 0.29) is 12.0 Å². The van der Waals surface area contributed by atoms with Crippen LogP contribution in [-0.4, -0.2) is 32.9 Å². The minimum Gasteiger partial charge on any atom is -0.396 e. The van der Waals surface area contributed by atoms with Gasteiger partial charge in [0.15, 0.2) is 0 Å². The zero-order valence-corrected chi connectivity index (χ0v) is 11.7. The minimum atomic E-state index is -3.30. The second kappa shape index (κ2) is 5.58. The van der Waals surface area contributed by atoms with Gasteiger partial charge in [-0.15, -0.1) is 0 Å². The first-order valence-corrected chi connectivity index (χ1v) is 7.54. The molecule has 0 aromatic heterocycles. The molecular weight excluding hydrogens is 252 g/mol. The molecule has 1 aromatic carbocycles. The number of hydrogen-bond acceptors (Lipinski definition) is 4. The smallest absolute Gasteiger partial charge is 0.229 e. The molecule has 0 aliphatic heterocycles. The van der Waals surface area contributed by atoms with E-state index in [0.29, 0.717) is 17.9 Å². The molecule has 0 unspecified atom stereocenters. The van der Waals surface area contributed by atoms with E-state index in [1.54, 1.807) is 18.2 Å². The van der Waals surface area contributed by atoms with Crippen LogP contribution in [0.5, 0.6) is 0 Å². The van der Waals surface area contributed by atoms with Crippen LogP contribution in [0.25, 0.3) is 0 Å². The summed E-state index contributed by atoms with van der Waals surface area (Å²) in [6, 6.07) is 7.06. The number of benzene rings is 1. The van der Waals surface area contributed by atoms with Gasteiger partial charge < -0.3 is 10.4 Å². The predicted molar refractivity (Wildman–Crippen MR) is 74.3 cm³/mol. The summed E-state index contributed by atoms with van der Waals surface area (Å²) in [7, 11) is -3.30. The van der Waals surface area contributed by atoms with Crippen LogP contribution < -0.4 is 10.0 Å². The lowest BCUT2D eigenvalue weighted by molar-refractivity contribution is 0.171. The summed E-state index contributed by atoms with van der Waals surface area (Å²) in [5, 5.41) is 12.3. The van der Waals surface area contributed by atoms with E-state index in [1.807, 2.05) is 19.9 Å². The van der Waals surface area contributed by atoms with Gasteiger partial charge in [-0.3, -0.25) is 4.72 Å². The highest BCUT2D eigenvalue weighted by molar-refractivity contribution is 7.92. The van der Waals surface area contributed by atoms with Crippen molar-refractivity contribution < 1.29 is 13.5 Å². The van der Waals surface area contributed by atoms with Crippen molar-refractivity contribution in [2.24, 2.45) is 5.41 Å². The summed E-state index contributed by atoms with van der Waals surface area (Å²) >= 11 is 0. The minimum absolute atomic E-state index is 0.0572. The number of hydrogen-bond donors (Lipinski definition) is 3. The van der Waals surface area contributed by atoms with E-state index in [1.165, 1.54) is 0 Å². The fourth-order valence-electron chi connectivity index (χ4n) is 1.32. The van der Waals surface area contributed by atoms with Gasteiger partial charge in [0, 0.05) is 18.6 Å². The molecule has 0 spiro atoms. The Kier molecular flexibility index (Phi) is 4.59. The van der Waals surface area contributed by atoms with E-state index < -0.39 is 10.0 Å². The highest BCUT2D eigenvalue weighted by Crippen LogP contribution is 2.24. The van der Waals surface area contributed by atoms with Crippen molar-refractivity contribution in [2.75, 3.05) is 29.4 Å². The fourth-order valence-corrected chi connectivity index (χ4v) is 1.89. The summed E-state index contributed by atoms with van der Waals surface area (Å²) in [6.07, 6.45) is 1.11. The Hall–Kier alpha value is -1.27. The van der Waals surface area contributed by atoms with Gasteiger partial charge >= 0.3 is 0 Å². The Morgan fingerprint density at radius 2 is 1.78 bits per heavy atom. The third-order valence-electron chi connectivity index (χ3n) is 2.41. The van der Waals surface area contributed by atoms with E-state index in [2.05, 4.69) is 10.0 Å². The van der Waals surface area contributed by atoms with Crippen LogP contribution in [-0.2, 0) is 10.0 Å². The summed E-state index contributed by atoms with van der Waals surface area (Å²) in [6.45, 7) is 4.45. The van der Waals surface area contributed by atoms with Gasteiger partial charge in [0.05, 0.1) is 17.6 Å². The van der Waals surface area contributed by atoms with Crippen LogP contribution in [0.15, 0.2) is 24.3 Å². The molecule has 0 saturated heterocycles. The lowest BCUT2D eigenvalue weighted by atomic mass is 9.95. The summed E-state index contributed by atoms with van der Waals surface area (Å²) in [4.78, 5) is 0. The molecule has 0 fully saturated rings. The quantitative estimate of drug-likeness (QED) is 0.733. The van der Waals surface area contributed by atoms with Gasteiger partial charge in [-0.2, -0.15) is 0 Å². The first kappa shape index (κ1) is 14.8. The fraction of sp³-hybridized carbons (Fsp3) is 0.500. The van der Waals surface area contributed by atoms with Crippen molar-refractivity contribution in [1.82, 2.24) is 0 Å². The van der Waals surface area contributed by atoms with Crippen molar-refractivity contribution in [1.29, 1.82) is 0 Å². The topological polar surface area (TPSA) is 78.4 Å². The van der Waals surface area contributed by atoms with Crippen molar-refractivity contribution in [3.63, 3.8) is 0 Å². The molecule has 0 atom stereocenters. The van der Waals surface area contributed by atoms with Gasteiger partial charge in [0.2, 0.25) is 10.0 Å².